The van der Waals surface area contributed by atoms with E-state index >= 15 is 0 Å². The second-order valence-electron chi connectivity index (χ2n) is 4.96. The molecule has 1 aromatic carbocycles. The van der Waals surface area contributed by atoms with Crippen LogP contribution in [-0.4, -0.2) is 10.1 Å². The van der Waals surface area contributed by atoms with Crippen molar-refractivity contribution in [1.29, 1.82) is 0 Å². The van der Waals surface area contributed by atoms with Crippen LogP contribution in [0.1, 0.15) is 41.9 Å². The first-order valence-electron chi connectivity index (χ1n) is 6.26. The number of hydrogen-bond donors (Lipinski definition) is 1. The zero-order chi connectivity index (χ0) is 13.2. The summed E-state index contributed by atoms with van der Waals surface area (Å²) in [6.45, 7) is 5.73. The predicted molar refractivity (Wildman–Crippen MR) is 76.0 cm³/mol. The average Bonchev–Trinajstić information content (AvgIpc) is 2.73. The van der Waals surface area contributed by atoms with E-state index in [1.54, 1.807) is 11.3 Å². The third-order valence-corrected chi connectivity index (χ3v) is 4.24. The molecular weight excluding hydrogens is 242 g/mol. The second kappa shape index (κ2) is 5.21. The largest absolute Gasteiger partial charge is 0.385 e. The van der Waals surface area contributed by atoms with E-state index in [1.807, 2.05) is 32.0 Å². The van der Waals surface area contributed by atoms with E-state index in [2.05, 4.69) is 24.0 Å². The molecule has 0 spiro atoms. The van der Waals surface area contributed by atoms with E-state index in [4.69, 9.17) is 0 Å². The lowest BCUT2D eigenvalue weighted by Gasteiger charge is -2.15. The first kappa shape index (κ1) is 13.2. The standard InChI is InChI=1S/C15H19NOS/c1-4-12-14(15(2,3)17)18-13(16-12)10-11-8-6-5-7-9-11/h5-9,17H,4,10H2,1-3H3. The maximum atomic E-state index is 10.2. The summed E-state index contributed by atoms with van der Waals surface area (Å²) in [5.74, 6) is 0. The molecule has 1 aromatic heterocycles. The smallest absolute Gasteiger partial charge is 0.0976 e. The molecule has 0 saturated carbocycles. The van der Waals surface area contributed by atoms with Crippen molar-refractivity contribution < 1.29 is 5.11 Å². The number of nitrogens with zero attached hydrogens (tertiary/aromatic N) is 1. The minimum Gasteiger partial charge on any atom is -0.385 e. The summed E-state index contributed by atoms with van der Waals surface area (Å²) in [7, 11) is 0. The Balaban J connectivity index is 2.28. The molecule has 0 aliphatic carbocycles. The fourth-order valence-electron chi connectivity index (χ4n) is 1.96. The van der Waals surface area contributed by atoms with Gasteiger partial charge in [-0.3, -0.25) is 0 Å². The average molecular weight is 261 g/mol. The summed E-state index contributed by atoms with van der Waals surface area (Å²) >= 11 is 1.62. The van der Waals surface area contributed by atoms with Crippen molar-refractivity contribution in [3.8, 4) is 0 Å². The number of hydrogen-bond acceptors (Lipinski definition) is 3. The van der Waals surface area contributed by atoms with E-state index in [1.165, 1.54) is 5.56 Å². The van der Waals surface area contributed by atoms with Gasteiger partial charge in [-0.1, -0.05) is 37.3 Å². The zero-order valence-electron chi connectivity index (χ0n) is 11.1. The number of aromatic nitrogens is 1. The molecule has 96 valence electrons. The third kappa shape index (κ3) is 2.98. The summed E-state index contributed by atoms with van der Waals surface area (Å²) in [6, 6.07) is 10.3. The predicted octanol–water partition coefficient (Wildman–Crippen LogP) is 3.52. The van der Waals surface area contributed by atoms with E-state index in [9.17, 15) is 5.11 Å². The number of aryl methyl sites for hydroxylation is 1. The minimum absolute atomic E-state index is 0.794. The third-order valence-electron chi connectivity index (χ3n) is 2.83. The summed E-state index contributed by atoms with van der Waals surface area (Å²) in [6.07, 6.45) is 1.71. The van der Waals surface area contributed by atoms with E-state index in [0.717, 1.165) is 28.4 Å². The van der Waals surface area contributed by atoms with Gasteiger partial charge in [0.2, 0.25) is 0 Å². The van der Waals surface area contributed by atoms with Gasteiger partial charge < -0.3 is 5.11 Å². The molecule has 2 aromatic rings. The maximum Gasteiger partial charge on any atom is 0.0976 e. The topological polar surface area (TPSA) is 33.1 Å². The van der Waals surface area contributed by atoms with Crippen LogP contribution >= 0.6 is 11.3 Å². The van der Waals surface area contributed by atoms with Crippen LogP contribution in [0.5, 0.6) is 0 Å². The summed E-state index contributed by atoms with van der Waals surface area (Å²) < 4.78 is 0. The highest BCUT2D eigenvalue weighted by Crippen LogP contribution is 2.31. The van der Waals surface area contributed by atoms with Crippen LogP contribution in [0.25, 0.3) is 0 Å². The highest BCUT2D eigenvalue weighted by molar-refractivity contribution is 7.11. The number of benzene rings is 1. The molecule has 0 bridgehead atoms. The quantitative estimate of drug-likeness (QED) is 0.913. The van der Waals surface area contributed by atoms with Crippen molar-refractivity contribution >= 4 is 11.3 Å². The second-order valence-corrected chi connectivity index (χ2v) is 6.04. The molecule has 0 saturated heterocycles. The molecule has 2 nitrogen and oxygen atoms in total. The molecule has 0 unspecified atom stereocenters. The van der Waals surface area contributed by atoms with Crippen LogP contribution in [0.3, 0.4) is 0 Å². The van der Waals surface area contributed by atoms with Crippen molar-refractivity contribution in [3.05, 3.63) is 51.5 Å². The van der Waals surface area contributed by atoms with Gasteiger partial charge in [0.25, 0.3) is 0 Å². The van der Waals surface area contributed by atoms with Crippen LogP contribution in [0.2, 0.25) is 0 Å². The van der Waals surface area contributed by atoms with Gasteiger partial charge in [0.05, 0.1) is 21.2 Å². The summed E-state index contributed by atoms with van der Waals surface area (Å²) in [4.78, 5) is 5.65. The molecule has 0 radical (unpaired) electrons. The Morgan fingerprint density at radius 3 is 2.39 bits per heavy atom. The maximum absolute atomic E-state index is 10.2. The highest BCUT2D eigenvalue weighted by atomic mass is 32.1. The minimum atomic E-state index is -0.794. The van der Waals surface area contributed by atoms with Crippen LogP contribution in [0, 0.1) is 0 Å². The molecule has 0 amide bonds. The van der Waals surface area contributed by atoms with Crippen molar-refractivity contribution in [2.75, 3.05) is 0 Å². The van der Waals surface area contributed by atoms with Crippen LogP contribution in [0.4, 0.5) is 0 Å². The Labute approximate surface area is 112 Å². The lowest BCUT2D eigenvalue weighted by atomic mass is 10.1. The Bertz CT molecular complexity index is 511. The molecule has 0 atom stereocenters. The number of thiazole rings is 1. The summed E-state index contributed by atoms with van der Waals surface area (Å²) in [5.41, 5.74) is 1.49. The number of aliphatic hydroxyl groups is 1. The molecule has 1 N–H and O–H groups in total. The Morgan fingerprint density at radius 1 is 1.22 bits per heavy atom. The van der Waals surface area contributed by atoms with Gasteiger partial charge >= 0.3 is 0 Å². The van der Waals surface area contributed by atoms with Gasteiger partial charge in [0, 0.05) is 6.42 Å². The van der Waals surface area contributed by atoms with Crippen molar-refractivity contribution in [3.63, 3.8) is 0 Å². The summed E-state index contributed by atoms with van der Waals surface area (Å²) in [5, 5.41) is 11.2. The van der Waals surface area contributed by atoms with Crippen molar-refractivity contribution in [2.45, 2.75) is 39.2 Å². The molecule has 3 heteroatoms. The molecule has 2 rings (SSSR count). The van der Waals surface area contributed by atoms with E-state index < -0.39 is 5.60 Å². The molecule has 0 aliphatic heterocycles. The lowest BCUT2D eigenvalue weighted by molar-refractivity contribution is 0.0814. The Hall–Kier alpha value is -1.19. The molecule has 18 heavy (non-hydrogen) atoms. The van der Waals surface area contributed by atoms with Gasteiger partial charge in [0.15, 0.2) is 0 Å². The molecule has 1 heterocycles. The van der Waals surface area contributed by atoms with Gasteiger partial charge in [0.1, 0.15) is 0 Å². The van der Waals surface area contributed by atoms with Gasteiger partial charge in [-0.2, -0.15) is 0 Å². The SMILES string of the molecule is CCc1nc(Cc2ccccc2)sc1C(C)(C)O. The van der Waals surface area contributed by atoms with Gasteiger partial charge in [-0.15, -0.1) is 11.3 Å². The van der Waals surface area contributed by atoms with Gasteiger partial charge in [-0.25, -0.2) is 4.98 Å². The Kier molecular flexibility index (Phi) is 3.83. The van der Waals surface area contributed by atoms with E-state index in [-0.39, 0.29) is 0 Å². The first-order valence-corrected chi connectivity index (χ1v) is 7.07. The van der Waals surface area contributed by atoms with Gasteiger partial charge in [-0.05, 0) is 25.8 Å². The van der Waals surface area contributed by atoms with Crippen molar-refractivity contribution in [1.82, 2.24) is 4.98 Å². The normalized spacial score (nSPS) is 11.8. The van der Waals surface area contributed by atoms with Crippen molar-refractivity contribution in [2.24, 2.45) is 0 Å². The van der Waals surface area contributed by atoms with Crippen LogP contribution < -0.4 is 0 Å². The fourth-order valence-corrected chi connectivity index (χ4v) is 3.15. The molecular formula is C15H19NOS. The lowest BCUT2D eigenvalue weighted by Crippen LogP contribution is -2.15. The number of rotatable bonds is 4. The molecule has 0 aliphatic rings. The zero-order valence-corrected chi connectivity index (χ0v) is 11.9. The first-order chi connectivity index (χ1) is 8.50. The Morgan fingerprint density at radius 2 is 1.89 bits per heavy atom. The van der Waals surface area contributed by atoms with E-state index in [0.29, 0.717) is 0 Å². The van der Waals surface area contributed by atoms with Crippen LogP contribution in [0.15, 0.2) is 30.3 Å². The highest BCUT2D eigenvalue weighted by Gasteiger charge is 2.23. The monoisotopic (exact) mass is 261 g/mol. The fraction of sp³-hybridized carbons (Fsp3) is 0.400. The van der Waals surface area contributed by atoms with Crippen LogP contribution in [-0.2, 0) is 18.4 Å². The molecule has 0 fully saturated rings.